The quantitative estimate of drug-likeness (QED) is 0.682. The highest BCUT2D eigenvalue weighted by Crippen LogP contribution is 2.18. The van der Waals surface area contributed by atoms with Crippen LogP contribution in [0.3, 0.4) is 0 Å². The Bertz CT molecular complexity index is 110. The molecular formula is C10H21NO. The minimum absolute atomic E-state index is 0.619. The van der Waals surface area contributed by atoms with Crippen LogP contribution < -0.4 is 5.32 Å². The molecule has 0 aliphatic heterocycles. The highest BCUT2D eigenvalue weighted by Gasteiger charge is 2.16. The molecule has 0 radical (unpaired) electrons. The Morgan fingerprint density at radius 1 is 1.42 bits per heavy atom. The highest BCUT2D eigenvalue weighted by molar-refractivity contribution is 4.76. The molecule has 0 aromatic rings. The lowest BCUT2D eigenvalue weighted by Crippen LogP contribution is -2.35. The van der Waals surface area contributed by atoms with E-state index in [1.807, 2.05) is 0 Å². The fourth-order valence-corrected chi connectivity index (χ4v) is 1.87. The van der Waals surface area contributed by atoms with Crippen molar-refractivity contribution in [3.05, 3.63) is 0 Å². The second-order valence-corrected chi connectivity index (χ2v) is 3.83. The third-order valence-corrected chi connectivity index (χ3v) is 2.63. The molecule has 0 saturated heterocycles. The van der Waals surface area contributed by atoms with E-state index in [-0.39, 0.29) is 0 Å². The van der Waals surface area contributed by atoms with Gasteiger partial charge < -0.3 is 10.1 Å². The summed E-state index contributed by atoms with van der Waals surface area (Å²) in [5, 5.41) is 3.63. The summed E-state index contributed by atoms with van der Waals surface area (Å²) in [4.78, 5) is 0. The van der Waals surface area contributed by atoms with Gasteiger partial charge in [0.2, 0.25) is 0 Å². The zero-order valence-electron chi connectivity index (χ0n) is 8.31. The number of hydrogen-bond acceptors (Lipinski definition) is 2. The predicted molar refractivity (Wildman–Crippen MR) is 51.3 cm³/mol. The zero-order chi connectivity index (χ0) is 8.81. The molecule has 0 spiro atoms. The van der Waals surface area contributed by atoms with Crippen molar-refractivity contribution in [2.24, 2.45) is 0 Å². The van der Waals surface area contributed by atoms with E-state index >= 15 is 0 Å². The van der Waals surface area contributed by atoms with E-state index in [0.29, 0.717) is 6.04 Å². The number of nitrogens with one attached hydrogen (secondary N) is 1. The lowest BCUT2D eigenvalue weighted by Gasteiger charge is -2.18. The number of rotatable bonds is 5. The normalized spacial score (nSPS) is 21.5. The van der Waals surface area contributed by atoms with Crippen molar-refractivity contribution in [3.8, 4) is 0 Å². The summed E-state index contributed by atoms with van der Waals surface area (Å²) in [6.07, 6.45) is 6.70. The van der Waals surface area contributed by atoms with Crippen LogP contribution in [0.5, 0.6) is 0 Å². The molecule has 1 aliphatic rings. The molecule has 1 aliphatic carbocycles. The van der Waals surface area contributed by atoms with Gasteiger partial charge in [-0.2, -0.15) is 0 Å². The second-order valence-electron chi connectivity index (χ2n) is 3.83. The summed E-state index contributed by atoms with van der Waals surface area (Å²) in [6.45, 7) is 3.12. The van der Waals surface area contributed by atoms with Crippen LogP contribution in [0, 0.1) is 0 Å². The molecule has 0 aromatic carbocycles. The Morgan fingerprint density at radius 3 is 2.67 bits per heavy atom. The smallest absolute Gasteiger partial charge is 0.0476 e. The number of hydrogen-bond donors (Lipinski definition) is 1. The fraction of sp³-hybridized carbons (Fsp3) is 1.00. The van der Waals surface area contributed by atoms with Crippen LogP contribution in [0.25, 0.3) is 0 Å². The standard InChI is InChI=1S/C10H21NO/c1-9(7-8-12-2)11-10-5-3-4-6-10/h9-11H,3-8H2,1-2H3. The van der Waals surface area contributed by atoms with E-state index < -0.39 is 0 Å². The Kier molecular flexibility index (Phi) is 4.62. The molecule has 0 bridgehead atoms. The zero-order valence-corrected chi connectivity index (χ0v) is 8.31. The molecule has 1 N–H and O–H groups in total. The molecule has 1 atom stereocenters. The third kappa shape index (κ3) is 3.55. The van der Waals surface area contributed by atoms with Gasteiger partial charge in [-0.25, -0.2) is 0 Å². The van der Waals surface area contributed by atoms with E-state index in [4.69, 9.17) is 4.74 Å². The van der Waals surface area contributed by atoms with Crippen LogP contribution in [-0.2, 0) is 4.74 Å². The molecule has 1 fully saturated rings. The van der Waals surface area contributed by atoms with Crippen LogP contribution in [0.4, 0.5) is 0 Å². The van der Waals surface area contributed by atoms with E-state index in [2.05, 4.69) is 12.2 Å². The van der Waals surface area contributed by atoms with E-state index in [0.717, 1.165) is 19.1 Å². The predicted octanol–water partition coefficient (Wildman–Crippen LogP) is 1.94. The lowest BCUT2D eigenvalue weighted by molar-refractivity contribution is 0.182. The maximum Gasteiger partial charge on any atom is 0.0476 e. The monoisotopic (exact) mass is 171 g/mol. The molecule has 2 nitrogen and oxygen atoms in total. The molecule has 0 amide bonds. The Labute approximate surface area is 75.7 Å². The lowest BCUT2D eigenvalue weighted by atomic mass is 10.2. The molecule has 12 heavy (non-hydrogen) atoms. The van der Waals surface area contributed by atoms with Crippen molar-refractivity contribution in [2.45, 2.75) is 51.1 Å². The number of methoxy groups -OCH3 is 1. The summed E-state index contributed by atoms with van der Waals surface area (Å²) < 4.78 is 5.04. The Morgan fingerprint density at radius 2 is 2.08 bits per heavy atom. The highest BCUT2D eigenvalue weighted by atomic mass is 16.5. The SMILES string of the molecule is COCCC(C)NC1CCCC1. The van der Waals surface area contributed by atoms with Gasteiger partial charge in [-0.3, -0.25) is 0 Å². The van der Waals surface area contributed by atoms with Crippen molar-refractivity contribution in [3.63, 3.8) is 0 Å². The maximum absolute atomic E-state index is 5.04. The first-order chi connectivity index (χ1) is 5.83. The summed E-state index contributed by atoms with van der Waals surface area (Å²) >= 11 is 0. The van der Waals surface area contributed by atoms with Crippen LogP contribution in [0.15, 0.2) is 0 Å². The third-order valence-electron chi connectivity index (χ3n) is 2.63. The molecule has 72 valence electrons. The van der Waals surface area contributed by atoms with Crippen molar-refractivity contribution in [1.82, 2.24) is 5.32 Å². The van der Waals surface area contributed by atoms with Gasteiger partial charge in [0.15, 0.2) is 0 Å². The van der Waals surface area contributed by atoms with Gasteiger partial charge in [0.05, 0.1) is 0 Å². The van der Waals surface area contributed by atoms with Gasteiger partial charge in [-0.05, 0) is 26.2 Å². The summed E-state index contributed by atoms with van der Waals surface area (Å²) in [5.74, 6) is 0. The van der Waals surface area contributed by atoms with E-state index in [9.17, 15) is 0 Å². The molecule has 0 heterocycles. The minimum Gasteiger partial charge on any atom is -0.385 e. The van der Waals surface area contributed by atoms with Crippen molar-refractivity contribution < 1.29 is 4.74 Å². The van der Waals surface area contributed by atoms with Gasteiger partial charge in [-0.1, -0.05) is 12.8 Å². The molecule has 0 aromatic heterocycles. The van der Waals surface area contributed by atoms with Gasteiger partial charge >= 0.3 is 0 Å². The molecular weight excluding hydrogens is 150 g/mol. The first-order valence-electron chi connectivity index (χ1n) is 5.08. The minimum atomic E-state index is 0.619. The van der Waals surface area contributed by atoms with Crippen LogP contribution in [0.2, 0.25) is 0 Å². The van der Waals surface area contributed by atoms with E-state index in [1.165, 1.54) is 25.7 Å². The van der Waals surface area contributed by atoms with Crippen molar-refractivity contribution in [1.29, 1.82) is 0 Å². The topological polar surface area (TPSA) is 21.3 Å². The van der Waals surface area contributed by atoms with Gasteiger partial charge in [0, 0.05) is 25.8 Å². The molecule has 1 unspecified atom stereocenters. The van der Waals surface area contributed by atoms with Crippen molar-refractivity contribution in [2.75, 3.05) is 13.7 Å². The van der Waals surface area contributed by atoms with Crippen molar-refractivity contribution >= 4 is 0 Å². The average molecular weight is 171 g/mol. The van der Waals surface area contributed by atoms with E-state index in [1.54, 1.807) is 7.11 Å². The number of ether oxygens (including phenoxy) is 1. The first kappa shape index (κ1) is 10.0. The summed E-state index contributed by atoms with van der Waals surface area (Å²) in [7, 11) is 1.77. The second kappa shape index (κ2) is 5.55. The average Bonchev–Trinajstić information content (AvgIpc) is 2.53. The molecule has 1 rings (SSSR count). The fourth-order valence-electron chi connectivity index (χ4n) is 1.87. The largest absolute Gasteiger partial charge is 0.385 e. The Hall–Kier alpha value is -0.0800. The molecule has 2 heteroatoms. The van der Waals surface area contributed by atoms with Gasteiger partial charge in [0.25, 0.3) is 0 Å². The van der Waals surface area contributed by atoms with Gasteiger partial charge in [0.1, 0.15) is 0 Å². The molecule has 1 saturated carbocycles. The van der Waals surface area contributed by atoms with Crippen LogP contribution >= 0.6 is 0 Å². The van der Waals surface area contributed by atoms with Gasteiger partial charge in [-0.15, -0.1) is 0 Å². The van der Waals surface area contributed by atoms with Crippen LogP contribution in [-0.4, -0.2) is 25.8 Å². The Balaban J connectivity index is 2.03. The maximum atomic E-state index is 5.04. The van der Waals surface area contributed by atoms with Crippen LogP contribution in [0.1, 0.15) is 39.0 Å². The summed E-state index contributed by atoms with van der Waals surface area (Å²) in [6, 6.07) is 1.41. The first-order valence-corrected chi connectivity index (χ1v) is 5.08. The summed E-state index contributed by atoms with van der Waals surface area (Å²) in [5.41, 5.74) is 0.